The number of fused-ring (bicyclic) bond motifs is 1. The zero-order valence-corrected chi connectivity index (χ0v) is 20.5. The van der Waals surface area contributed by atoms with Gasteiger partial charge in [0.2, 0.25) is 0 Å². The number of likely N-dealkylation sites (tertiary alicyclic amines) is 1. The molecule has 5 rings (SSSR count). The van der Waals surface area contributed by atoms with Gasteiger partial charge in [-0.25, -0.2) is 0 Å². The van der Waals surface area contributed by atoms with Crippen molar-refractivity contribution >= 4 is 11.1 Å². The summed E-state index contributed by atoms with van der Waals surface area (Å²) in [5, 5.41) is 20.2. The molecule has 0 bridgehead atoms. The van der Waals surface area contributed by atoms with Gasteiger partial charge in [-0.1, -0.05) is 24.3 Å². The molecule has 36 heavy (non-hydrogen) atoms. The molecule has 0 radical (unpaired) electrons. The van der Waals surface area contributed by atoms with Crippen LogP contribution in [0, 0.1) is 5.92 Å². The second kappa shape index (κ2) is 10.6. The van der Waals surface area contributed by atoms with E-state index in [4.69, 9.17) is 9.47 Å². The number of benzene rings is 3. The van der Waals surface area contributed by atoms with Gasteiger partial charge in [0, 0.05) is 24.2 Å². The zero-order chi connectivity index (χ0) is 25.1. The fourth-order valence-electron chi connectivity index (χ4n) is 5.25. The molecule has 2 atom stereocenters. The first-order valence-electron chi connectivity index (χ1n) is 12.5. The van der Waals surface area contributed by atoms with Crippen LogP contribution in [0.1, 0.15) is 42.6 Å². The van der Waals surface area contributed by atoms with E-state index in [9.17, 15) is 14.6 Å². The maximum atomic E-state index is 12.6. The zero-order valence-electron chi connectivity index (χ0n) is 20.5. The molecule has 2 aliphatic heterocycles. The summed E-state index contributed by atoms with van der Waals surface area (Å²) in [6.45, 7) is 5.17. The first-order chi connectivity index (χ1) is 17.5. The summed E-state index contributed by atoms with van der Waals surface area (Å²) in [5.41, 5.74) is 4.59. The first kappa shape index (κ1) is 24.2. The Bertz CT molecular complexity index is 1240. The highest BCUT2D eigenvalue weighted by atomic mass is 19.1. The molecule has 0 saturated carbocycles. The average molecular weight is 490 g/mol. The number of ether oxygens (including phenoxy) is 2. The van der Waals surface area contributed by atoms with E-state index in [2.05, 4.69) is 4.90 Å². The van der Waals surface area contributed by atoms with E-state index in [0.29, 0.717) is 24.7 Å². The standard InChI is InChI=1S/C30H32FNO4/c1-20-27-18-25(34)7-10-28(27)36-30(29(20)23-3-2-4-24(33)17-23)22-5-8-26(9-6-22)35-16-15-32-14-12-21(19-32)11-13-31/h2-10,17-18,21,30,33-34H,11-16,19H2,1H3. The maximum Gasteiger partial charge on any atom is 0.150 e. The van der Waals surface area contributed by atoms with Gasteiger partial charge in [-0.3, -0.25) is 9.29 Å². The van der Waals surface area contributed by atoms with E-state index in [-0.39, 0.29) is 24.3 Å². The third-order valence-electron chi connectivity index (χ3n) is 7.18. The monoisotopic (exact) mass is 489 g/mol. The number of hydrogen-bond acceptors (Lipinski definition) is 5. The fourth-order valence-corrected chi connectivity index (χ4v) is 5.25. The molecule has 5 nitrogen and oxygen atoms in total. The van der Waals surface area contributed by atoms with E-state index in [0.717, 1.165) is 59.6 Å². The molecule has 0 amide bonds. The van der Waals surface area contributed by atoms with E-state index in [1.807, 2.05) is 43.3 Å². The van der Waals surface area contributed by atoms with Crippen molar-refractivity contribution in [3.05, 3.63) is 83.4 Å². The molecule has 1 saturated heterocycles. The highest BCUT2D eigenvalue weighted by molar-refractivity contribution is 5.95. The molecule has 3 aromatic carbocycles. The molecular weight excluding hydrogens is 457 g/mol. The number of phenols is 2. The van der Waals surface area contributed by atoms with E-state index in [1.54, 1.807) is 30.3 Å². The van der Waals surface area contributed by atoms with Crippen LogP contribution in [0.2, 0.25) is 0 Å². The van der Waals surface area contributed by atoms with Gasteiger partial charge in [0.15, 0.2) is 0 Å². The molecule has 2 N–H and O–H groups in total. The third kappa shape index (κ3) is 5.19. The number of allylic oxidation sites excluding steroid dienone is 1. The van der Waals surface area contributed by atoms with Crippen molar-refractivity contribution in [2.24, 2.45) is 5.92 Å². The highest BCUT2D eigenvalue weighted by Crippen LogP contribution is 2.47. The Morgan fingerprint density at radius 2 is 1.83 bits per heavy atom. The predicted molar refractivity (Wildman–Crippen MR) is 139 cm³/mol. The normalized spacial score (nSPS) is 19.7. The lowest BCUT2D eigenvalue weighted by Gasteiger charge is -2.31. The van der Waals surface area contributed by atoms with Crippen LogP contribution in [0.5, 0.6) is 23.0 Å². The molecule has 2 heterocycles. The molecule has 3 aromatic rings. The van der Waals surface area contributed by atoms with Gasteiger partial charge in [0.05, 0.1) is 6.67 Å². The SMILES string of the molecule is CC1=C(c2cccc(O)c2)C(c2ccc(OCCN3CCC(CCF)C3)cc2)Oc2ccc(O)cc21. The minimum atomic E-state index is -0.380. The van der Waals surface area contributed by atoms with Gasteiger partial charge in [-0.05, 0) is 91.4 Å². The molecular formula is C30H32FNO4. The Morgan fingerprint density at radius 1 is 1.03 bits per heavy atom. The average Bonchev–Trinajstić information content (AvgIpc) is 3.32. The smallest absolute Gasteiger partial charge is 0.150 e. The van der Waals surface area contributed by atoms with Gasteiger partial charge >= 0.3 is 0 Å². The van der Waals surface area contributed by atoms with Gasteiger partial charge in [0.25, 0.3) is 0 Å². The summed E-state index contributed by atoms with van der Waals surface area (Å²) in [6, 6.07) is 20.2. The molecule has 0 aromatic heterocycles. The number of halogens is 1. The molecule has 1 fully saturated rings. The predicted octanol–water partition coefficient (Wildman–Crippen LogP) is 6.22. The summed E-state index contributed by atoms with van der Waals surface area (Å²) >= 11 is 0. The Kier molecular flexibility index (Phi) is 7.14. The van der Waals surface area contributed by atoms with Crippen LogP contribution in [0.15, 0.2) is 66.7 Å². The van der Waals surface area contributed by atoms with Gasteiger partial charge in [-0.15, -0.1) is 0 Å². The van der Waals surface area contributed by atoms with Crippen molar-refractivity contribution in [2.45, 2.75) is 25.9 Å². The van der Waals surface area contributed by atoms with Crippen molar-refractivity contribution in [1.82, 2.24) is 4.90 Å². The van der Waals surface area contributed by atoms with Crippen molar-refractivity contribution in [3.63, 3.8) is 0 Å². The fraction of sp³-hybridized carbons (Fsp3) is 0.333. The minimum Gasteiger partial charge on any atom is -0.508 e. The number of hydrogen-bond donors (Lipinski definition) is 2. The van der Waals surface area contributed by atoms with E-state index >= 15 is 0 Å². The van der Waals surface area contributed by atoms with Crippen molar-refractivity contribution in [2.75, 3.05) is 32.9 Å². The van der Waals surface area contributed by atoms with Crippen LogP contribution in [-0.2, 0) is 0 Å². The molecule has 2 aliphatic rings. The van der Waals surface area contributed by atoms with Crippen LogP contribution in [0.25, 0.3) is 11.1 Å². The summed E-state index contributed by atoms with van der Waals surface area (Å²) in [5.74, 6) is 2.33. The number of aromatic hydroxyl groups is 2. The van der Waals surface area contributed by atoms with Crippen molar-refractivity contribution in [1.29, 1.82) is 0 Å². The van der Waals surface area contributed by atoms with E-state index in [1.165, 1.54) is 0 Å². The van der Waals surface area contributed by atoms with Crippen LogP contribution in [0.4, 0.5) is 4.39 Å². The maximum absolute atomic E-state index is 12.6. The van der Waals surface area contributed by atoms with Crippen LogP contribution in [0.3, 0.4) is 0 Å². The summed E-state index contributed by atoms with van der Waals surface area (Å²) in [4.78, 5) is 2.34. The van der Waals surface area contributed by atoms with Crippen LogP contribution in [-0.4, -0.2) is 48.0 Å². The van der Waals surface area contributed by atoms with Crippen LogP contribution < -0.4 is 9.47 Å². The summed E-state index contributed by atoms with van der Waals surface area (Å²) in [7, 11) is 0. The first-order valence-corrected chi connectivity index (χ1v) is 12.5. The lowest BCUT2D eigenvalue weighted by atomic mass is 9.86. The number of phenolic OH excluding ortho intramolecular Hbond substituents is 2. The van der Waals surface area contributed by atoms with Crippen molar-refractivity contribution < 1.29 is 24.1 Å². The van der Waals surface area contributed by atoms with Crippen molar-refractivity contribution in [3.8, 4) is 23.0 Å². The largest absolute Gasteiger partial charge is 0.508 e. The summed E-state index contributed by atoms with van der Waals surface area (Å²) < 4.78 is 25.0. The lowest BCUT2D eigenvalue weighted by Crippen LogP contribution is -2.26. The Labute approximate surface area is 211 Å². The molecule has 0 aliphatic carbocycles. The molecule has 6 heteroatoms. The topological polar surface area (TPSA) is 62.2 Å². The second-order valence-corrected chi connectivity index (χ2v) is 9.62. The highest BCUT2D eigenvalue weighted by Gasteiger charge is 2.30. The van der Waals surface area contributed by atoms with Gasteiger partial charge in [0.1, 0.15) is 35.7 Å². The Morgan fingerprint density at radius 3 is 2.61 bits per heavy atom. The Hall–Kier alpha value is -3.51. The van der Waals surface area contributed by atoms with Gasteiger partial charge < -0.3 is 19.7 Å². The van der Waals surface area contributed by atoms with Gasteiger partial charge in [-0.2, -0.15) is 0 Å². The quantitative estimate of drug-likeness (QED) is 0.393. The molecule has 2 unspecified atom stereocenters. The molecule has 188 valence electrons. The minimum absolute atomic E-state index is 0.179. The second-order valence-electron chi connectivity index (χ2n) is 9.62. The molecule has 0 spiro atoms. The lowest BCUT2D eigenvalue weighted by molar-refractivity contribution is 0.230. The Balaban J connectivity index is 1.33. The third-order valence-corrected chi connectivity index (χ3v) is 7.18. The van der Waals surface area contributed by atoms with E-state index < -0.39 is 0 Å². The number of alkyl halides is 1. The van der Waals surface area contributed by atoms with Crippen LogP contribution >= 0.6 is 0 Å². The number of nitrogens with zero attached hydrogens (tertiary/aromatic N) is 1. The number of rotatable bonds is 8. The summed E-state index contributed by atoms with van der Waals surface area (Å²) in [6.07, 6.45) is 1.35.